The molecule has 2 unspecified atom stereocenters. The summed E-state index contributed by atoms with van der Waals surface area (Å²) in [5.74, 6) is 0.599. The molecule has 0 bridgehead atoms. The van der Waals surface area contributed by atoms with Gasteiger partial charge >= 0.3 is 0 Å². The Balaban J connectivity index is 2.95. The summed E-state index contributed by atoms with van der Waals surface area (Å²) < 4.78 is 0. The largest absolute Gasteiger partial charge is 0.370 e. The van der Waals surface area contributed by atoms with Crippen LogP contribution in [0.5, 0.6) is 0 Å². The monoisotopic (exact) mass is 233 g/mol. The Morgan fingerprint density at radius 3 is 2.29 bits per heavy atom. The van der Waals surface area contributed by atoms with Crippen LogP contribution in [-0.4, -0.2) is 12.0 Å². The molecule has 3 heteroatoms. The fraction of sp³-hybridized carbons (Fsp3) is 0.500. The van der Waals surface area contributed by atoms with Gasteiger partial charge in [0.2, 0.25) is 0 Å². The number of aliphatic imine (C=N–C) groups is 1. The number of nitrogens with two attached hydrogens (primary N) is 2. The average Bonchev–Trinajstić information content (AvgIpc) is 2.34. The Labute approximate surface area is 104 Å². The van der Waals surface area contributed by atoms with Gasteiger partial charge in [-0.1, -0.05) is 50.6 Å². The highest BCUT2D eigenvalue weighted by molar-refractivity contribution is 5.75. The lowest BCUT2D eigenvalue weighted by molar-refractivity contribution is 0.485. The van der Waals surface area contributed by atoms with E-state index in [0.717, 1.165) is 19.3 Å². The fourth-order valence-corrected chi connectivity index (χ4v) is 2.25. The molecule has 0 heterocycles. The third-order valence-corrected chi connectivity index (χ3v) is 3.03. The van der Waals surface area contributed by atoms with Crippen molar-refractivity contribution in [1.29, 1.82) is 0 Å². The van der Waals surface area contributed by atoms with E-state index in [9.17, 15) is 0 Å². The Hall–Kier alpha value is -1.51. The smallest absolute Gasteiger partial charge is 0.186 e. The molecular weight excluding hydrogens is 210 g/mol. The van der Waals surface area contributed by atoms with Gasteiger partial charge in [0.05, 0.1) is 6.04 Å². The molecule has 0 radical (unpaired) electrons. The van der Waals surface area contributed by atoms with Gasteiger partial charge in [-0.25, -0.2) is 4.99 Å². The maximum Gasteiger partial charge on any atom is 0.186 e. The molecule has 0 aromatic heterocycles. The number of hydrogen-bond acceptors (Lipinski definition) is 1. The molecule has 3 nitrogen and oxygen atoms in total. The summed E-state index contributed by atoms with van der Waals surface area (Å²) >= 11 is 0. The molecule has 94 valence electrons. The molecule has 2 atom stereocenters. The summed E-state index contributed by atoms with van der Waals surface area (Å²) in [4.78, 5) is 4.36. The second-order valence-corrected chi connectivity index (χ2v) is 4.34. The van der Waals surface area contributed by atoms with Crippen molar-refractivity contribution >= 4 is 5.96 Å². The van der Waals surface area contributed by atoms with E-state index in [-0.39, 0.29) is 12.0 Å². The van der Waals surface area contributed by atoms with Gasteiger partial charge < -0.3 is 11.5 Å². The van der Waals surface area contributed by atoms with Crippen molar-refractivity contribution in [2.75, 3.05) is 0 Å². The first kappa shape index (κ1) is 13.6. The molecule has 0 aliphatic carbocycles. The number of rotatable bonds is 6. The molecule has 0 aliphatic rings. The van der Waals surface area contributed by atoms with Gasteiger partial charge in [-0.3, -0.25) is 0 Å². The minimum absolute atomic E-state index is 0.183. The summed E-state index contributed by atoms with van der Waals surface area (Å²) in [6.45, 7) is 4.32. The molecule has 0 fully saturated rings. The second-order valence-electron chi connectivity index (χ2n) is 4.34. The van der Waals surface area contributed by atoms with Crippen molar-refractivity contribution in [3.8, 4) is 0 Å². The molecule has 1 aromatic carbocycles. The van der Waals surface area contributed by atoms with E-state index in [2.05, 4.69) is 43.1 Å². The van der Waals surface area contributed by atoms with Gasteiger partial charge in [-0.15, -0.1) is 0 Å². The molecular formula is C14H23N3. The predicted octanol–water partition coefficient (Wildman–Crippen LogP) is 2.62. The zero-order valence-electron chi connectivity index (χ0n) is 10.8. The molecule has 1 aromatic rings. The Bertz CT molecular complexity index is 342. The van der Waals surface area contributed by atoms with E-state index in [4.69, 9.17) is 11.5 Å². The van der Waals surface area contributed by atoms with Gasteiger partial charge in [-0.05, 0) is 18.4 Å². The van der Waals surface area contributed by atoms with Gasteiger partial charge in [-0.2, -0.15) is 0 Å². The summed E-state index contributed by atoms with van der Waals surface area (Å²) in [6.07, 6.45) is 3.20. The SMILES string of the molecule is CCCC(c1ccccc1)C(CC)N=C(N)N. The van der Waals surface area contributed by atoms with E-state index in [1.54, 1.807) is 0 Å². The molecule has 0 spiro atoms. The quantitative estimate of drug-likeness (QED) is 0.586. The predicted molar refractivity (Wildman–Crippen MR) is 74.0 cm³/mol. The lowest BCUT2D eigenvalue weighted by Gasteiger charge is -2.23. The van der Waals surface area contributed by atoms with Crippen molar-refractivity contribution in [3.63, 3.8) is 0 Å². The van der Waals surface area contributed by atoms with Crippen LogP contribution in [0.3, 0.4) is 0 Å². The van der Waals surface area contributed by atoms with Crippen molar-refractivity contribution < 1.29 is 0 Å². The van der Waals surface area contributed by atoms with E-state index in [0.29, 0.717) is 5.92 Å². The van der Waals surface area contributed by atoms with Crippen LogP contribution in [0, 0.1) is 0 Å². The topological polar surface area (TPSA) is 64.4 Å². The van der Waals surface area contributed by atoms with E-state index < -0.39 is 0 Å². The second kappa shape index (κ2) is 6.94. The molecule has 1 rings (SSSR count). The van der Waals surface area contributed by atoms with Crippen molar-refractivity contribution in [3.05, 3.63) is 35.9 Å². The Morgan fingerprint density at radius 2 is 1.82 bits per heavy atom. The summed E-state index contributed by atoms with van der Waals surface area (Å²) in [5, 5.41) is 0. The van der Waals surface area contributed by atoms with Gasteiger partial charge in [0.15, 0.2) is 5.96 Å². The number of guanidine groups is 1. The normalized spacial score (nSPS) is 14.0. The van der Waals surface area contributed by atoms with E-state index >= 15 is 0 Å². The third kappa shape index (κ3) is 4.10. The van der Waals surface area contributed by atoms with Crippen LogP contribution < -0.4 is 11.5 Å². The molecule has 0 aliphatic heterocycles. The summed E-state index contributed by atoms with van der Waals surface area (Å²) in [5.41, 5.74) is 12.3. The number of nitrogens with zero attached hydrogens (tertiary/aromatic N) is 1. The fourth-order valence-electron chi connectivity index (χ4n) is 2.25. The van der Waals surface area contributed by atoms with Crippen molar-refractivity contribution in [1.82, 2.24) is 0 Å². The van der Waals surface area contributed by atoms with Crippen LogP contribution in [0.15, 0.2) is 35.3 Å². The Morgan fingerprint density at radius 1 is 1.18 bits per heavy atom. The first-order chi connectivity index (χ1) is 8.19. The van der Waals surface area contributed by atoms with Crippen LogP contribution >= 0.6 is 0 Å². The Kier molecular flexibility index (Phi) is 5.53. The number of benzene rings is 1. The first-order valence-corrected chi connectivity index (χ1v) is 6.32. The number of hydrogen-bond donors (Lipinski definition) is 2. The van der Waals surface area contributed by atoms with Crippen LogP contribution in [0.4, 0.5) is 0 Å². The molecule has 0 saturated heterocycles. The van der Waals surface area contributed by atoms with Gasteiger partial charge in [0.1, 0.15) is 0 Å². The van der Waals surface area contributed by atoms with Crippen molar-refractivity contribution in [2.45, 2.75) is 45.1 Å². The van der Waals surface area contributed by atoms with E-state index in [1.165, 1.54) is 5.56 Å². The average molecular weight is 233 g/mol. The maximum absolute atomic E-state index is 5.51. The van der Waals surface area contributed by atoms with Crippen LogP contribution in [0.25, 0.3) is 0 Å². The zero-order valence-corrected chi connectivity index (χ0v) is 10.8. The summed E-state index contributed by atoms with van der Waals surface area (Å²) in [6, 6.07) is 10.7. The molecule has 17 heavy (non-hydrogen) atoms. The zero-order chi connectivity index (χ0) is 12.7. The minimum Gasteiger partial charge on any atom is -0.370 e. The lowest BCUT2D eigenvalue weighted by Crippen LogP contribution is -2.28. The standard InChI is InChI=1S/C14H23N3/c1-3-8-12(11-9-6-5-7-10-11)13(4-2)17-14(15)16/h5-7,9-10,12-13H,3-4,8H2,1-2H3,(H4,15,16,17). The van der Waals surface area contributed by atoms with Crippen molar-refractivity contribution in [2.24, 2.45) is 16.5 Å². The van der Waals surface area contributed by atoms with Crippen LogP contribution in [0.1, 0.15) is 44.6 Å². The molecule has 4 N–H and O–H groups in total. The first-order valence-electron chi connectivity index (χ1n) is 6.32. The van der Waals surface area contributed by atoms with Crippen LogP contribution in [0.2, 0.25) is 0 Å². The van der Waals surface area contributed by atoms with E-state index in [1.807, 2.05) is 6.07 Å². The summed E-state index contributed by atoms with van der Waals surface area (Å²) in [7, 11) is 0. The maximum atomic E-state index is 5.51. The highest BCUT2D eigenvalue weighted by Crippen LogP contribution is 2.28. The lowest BCUT2D eigenvalue weighted by atomic mass is 9.86. The molecule has 0 amide bonds. The molecule has 0 saturated carbocycles. The highest BCUT2D eigenvalue weighted by Gasteiger charge is 2.20. The van der Waals surface area contributed by atoms with Gasteiger partial charge in [0.25, 0.3) is 0 Å². The minimum atomic E-state index is 0.183. The third-order valence-electron chi connectivity index (χ3n) is 3.03. The van der Waals surface area contributed by atoms with Crippen LogP contribution in [-0.2, 0) is 0 Å². The highest BCUT2D eigenvalue weighted by atomic mass is 15.0. The van der Waals surface area contributed by atoms with Gasteiger partial charge in [0, 0.05) is 5.92 Å².